The molecular weight excluding hydrogens is 202 g/mol. The number of nitrogens with one attached hydrogen (secondary N) is 1. The van der Waals surface area contributed by atoms with Crippen LogP contribution in [0.1, 0.15) is 32.6 Å². The summed E-state index contributed by atoms with van der Waals surface area (Å²) in [5.41, 5.74) is 5.35. The highest BCUT2D eigenvalue weighted by Crippen LogP contribution is 2.22. The lowest BCUT2D eigenvalue weighted by Crippen LogP contribution is -2.49. The van der Waals surface area contributed by atoms with E-state index < -0.39 is 0 Å². The number of nitrogens with zero attached hydrogens (tertiary/aromatic N) is 1. The monoisotopic (exact) mass is 225 g/mol. The number of carbonyl (C=O) groups is 1. The Labute approximate surface area is 97.6 Å². The van der Waals surface area contributed by atoms with Crippen molar-refractivity contribution in [3.05, 3.63) is 0 Å². The Hall–Kier alpha value is -0.610. The molecular formula is C12H23N3O. The normalized spacial score (nSPS) is 28.9. The molecule has 2 rings (SSSR count). The topological polar surface area (TPSA) is 58.4 Å². The Kier molecular flexibility index (Phi) is 3.82. The van der Waals surface area contributed by atoms with Crippen LogP contribution in [0, 0.1) is 5.92 Å². The van der Waals surface area contributed by atoms with Crippen molar-refractivity contribution in [3.63, 3.8) is 0 Å². The van der Waals surface area contributed by atoms with Crippen LogP contribution in [0.4, 0.5) is 0 Å². The Balaban J connectivity index is 1.75. The summed E-state index contributed by atoms with van der Waals surface area (Å²) in [6, 6.07) is 0.674. The first kappa shape index (κ1) is 11.9. The van der Waals surface area contributed by atoms with Crippen LogP contribution >= 0.6 is 0 Å². The summed E-state index contributed by atoms with van der Waals surface area (Å²) >= 11 is 0. The molecule has 3 N–H and O–H groups in total. The van der Waals surface area contributed by atoms with E-state index in [2.05, 4.69) is 10.2 Å². The third kappa shape index (κ3) is 3.19. The zero-order chi connectivity index (χ0) is 11.5. The molecule has 0 radical (unpaired) electrons. The molecule has 2 aliphatic rings. The van der Waals surface area contributed by atoms with Crippen molar-refractivity contribution >= 4 is 5.91 Å². The molecule has 0 spiro atoms. The van der Waals surface area contributed by atoms with Crippen molar-refractivity contribution in [1.82, 2.24) is 10.2 Å². The van der Waals surface area contributed by atoms with Gasteiger partial charge in [0.1, 0.15) is 0 Å². The van der Waals surface area contributed by atoms with Gasteiger partial charge in [0, 0.05) is 12.6 Å². The van der Waals surface area contributed by atoms with Gasteiger partial charge in [-0.25, -0.2) is 0 Å². The van der Waals surface area contributed by atoms with Crippen molar-refractivity contribution in [2.75, 3.05) is 19.6 Å². The summed E-state index contributed by atoms with van der Waals surface area (Å²) in [7, 11) is 0. The van der Waals surface area contributed by atoms with Crippen LogP contribution in [-0.4, -0.2) is 42.5 Å². The summed E-state index contributed by atoms with van der Waals surface area (Å²) in [5.74, 6) is 0.493. The minimum absolute atomic E-state index is 0.108. The van der Waals surface area contributed by atoms with Crippen LogP contribution in [0.15, 0.2) is 0 Å². The molecule has 2 unspecified atom stereocenters. The molecule has 1 saturated carbocycles. The molecule has 1 heterocycles. The van der Waals surface area contributed by atoms with Crippen LogP contribution in [0.2, 0.25) is 0 Å². The van der Waals surface area contributed by atoms with Gasteiger partial charge in [0.25, 0.3) is 0 Å². The molecule has 16 heavy (non-hydrogen) atoms. The van der Waals surface area contributed by atoms with E-state index in [4.69, 9.17) is 5.73 Å². The average Bonchev–Trinajstić information content (AvgIpc) is 3.09. The Morgan fingerprint density at radius 1 is 1.50 bits per heavy atom. The van der Waals surface area contributed by atoms with E-state index in [0.717, 1.165) is 25.7 Å². The number of hydrogen-bond acceptors (Lipinski definition) is 3. The summed E-state index contributed by atoms with van der Waals surface area (Å²) in [6.07, 6.45) is 5.15. The molecule has 0 aromatic heterocycles. The molecule has 92 valence electrons. The molecule has 1 saturated heterocycles. The van der Waals surface area contributed by atoms with Gasteiger partial charge in [-0.15, -0.1) is 0 Å². The van der Waals surface area contributed by atoms with E-state index in [1.807, 2.05) is 6.92 Å². The average molecular weight is 225 g/mol. The maximum Gasteiger partial charge on any atom is 0.234 e. The van der Waals surface area contributed by atoms with Crippen molar-refractivity contribution in [3.8, 4) is 0 Å². The Bertz CT molecular complexity index is 253. The van der Waals surface area contributed by atoms with Crippen molar-refractivity contribution in [2.45, 2.75) is 44.7 Å². The molecule has 1 aliphatic carbocycles. The fraction of sp³-hybridized carbons (Fsp3) is 0.917. The van der Waals surface area contributed by atoms with E-state index in [9.17, 15) is 4.79 Å². The predicted octanol–water partition coefficient (Wildman–Crippen LogP) is 0.324. The van der Waals surface area contributed by atoms with Crippen molar-refractivity contribution in [1.29, 1.82) is 0 Å². The maximum absolute atomic E-state index is 11.1. The second kappa shape index (κ2) is 5.15. The van der Waals surface area contributed by atoms with Gasteiger partial charge in [-0.3, -0.25) is 9.69 Å². The number of amides is 1. The van der Waals surface area contributed by atoms with Crippen LogP contribution < -0.4 is 11.1 Å². The summed E-state index contributed by atoms with van der Waals surface area (Å²) in [6.45, 7) is 5.06. The van der Waals surface area contributed by atoms with Crippen LogP contribution in [0.25, 0.3) is 0 Å². The number of nitrogens with two attached hydrogens (primary N) is 1. The van der Waals surface area contributed by atoms with E-state index in [-0.39, 0.29) is 11.9 Å². The van der Waals surface area contributed by atoms with E-state index in [1.54, 1.807) is 0 Å². The molecule has 0 aromatic carbocycles. The summed E-state index contributed by atoms with van der Waals surface area (Å²) in [5, 5.41) is 3.57. The zero-order valence-electron chi connectivity index (χ0n) is 10.1. The second-order valence-electron chi connectivity index (χ2n) is 5.26. The third-order valence-corrected chi connectivity index (χ3v) is 3.78. The first-order valence-corrected chi connectivity index (χ1v) is 6.43. The summed E-state index contributed by atoms with van der Waals surface area (Å²) < 4.78 is 0. The number of hydrogen-bond donors (Lipinski definition) is 2. The van der Waals surface area contributed by atoms with Gasteiger partial charge in [0.05, 0.1) is 6.04 Å². The zero-order valence-corrected chi connectivity index (χ0v) is 10.1. The van der Waals surface area contributed by atoms with Gasteiger partial charge >= 0.3 is 0 Å². The maximum atomic E-state index is 11.1. The number of piperidine rings is 1. The number of likely N-dealkylation sites (tertiary alicyclic amines) is 1. The fourth-order valence-electron chi connectivity index (χ4n) is 2.42. The van der Waals surface area contributed by atoms with Crippen molar-refractivity contribution < 1.29 is 4.79 Å². The molecule has 0 bridgehead atoms. The highest BCUT2D eigenvalue weighted by atomic mass is 16.1. The lowest BCUT2D eigenvalue weighted by atomic mass is 9.96. The van der Waals surface area contributed by atoms with Gasteiger partial charge in [0.15, 0.2) is 0 Å². The van der Waals surface area contributed by atoms with Gasteiger partial charge in [-0.2, -0.15) is 0 Å². The SMILES string of the molecule is CC(C(N)=O)N1CCCC(CNC2CC2)C1. The number of carbonyl (C=O) groups excluding carboxylic acids is 1. The largest absolute Gasteiger partial charge is 0.368 e. The minimum Gasteiger partial charge on any atom is -0.368 e. The lowest BCUT2D eigenvalue weighted by Gasteiger charge is -2.35. The Morgan fingerprint density at radius 2 is 2.25 bits per heavy atom. The molecule has 4 nitrogen and oxygen atoms in total. The molecule has 1 aliphatic heterocycles. The molecule has 0 aromatic rings. The molecule has 2 atom stereocenters. The molecule has 4 heteroatoms. The third-order valence-electron chi connectivity index (χ3n) is 3.78. The van der Waals surface area contributed by atoms with E-state index in [1.165, 1.54) is 25.7 Å². The van der Waals surface area contributed by atoms with E-state index >= 15 is 0 Å². The number of rotatable bonds is 5. The highest BCUT2D eigenvalue weighted by Gasteiger charge is 2.27. The standard InChI is InChI=1S/C12H23N3O/c1-9(12(13)16)15-6-2-3-10(8-15)7-14-11-4-5-11/h9-11,14H,2-8H2,1H3,(H2,13,16). The van der Waals surface area contributed by atoms with Gasteiger partial charge in [0.2, 0.25) is 5.91 Å². The first-order chi connectivity index (χ1) is 7.66. The van der Waals surface area contributed by atoms with Gasteiger partial charge in [-0.05, 0) is 51.6 Å². The number of primary amides is 1. The summed E-state index contributed by atoms with van der Waals surface area (Å²) in [4.78, 5) is 13.4. The highest BCUT2D eigenvalue weighted by molar-refractivity contribution is 5.79. The van der Waals surface area contributed by atoms with E-state index in [0.29, 0.717) is 5.92 Å². The van der Waals surface area contributed by atoms with Gasteiger partial charge in [-0.1, -0.05) is 0 Å². The molecule has 2 fully saturated rings. The quantitative estimate of drug-likeness (QED) is 0.708. The fourth-order valence-corrected chi connectivity index (χ4v) is 2.42. The van der Waals surface area contributed by atoms with Crippen LogP contribution in [-0.2, 0) is 4.79 Å². The van der Waals surface area contributed by atoms with Crippen LogP contribution in [0.5, 0.6) is 0 Å². The van der Waals surface area contributed by atoms with Crippen LogP contribution in [0.3, 0.4) is 0 Å². The lowest BCUT2D eigenvalue weighted by molar-refractivity contribution is -0.123. The predicted molar refractivity (Wildman–Crippen MR) is 64.0 cm³/mol. The molecule has 1 amide bonds. The first-order valence-electron chi connectivity index (χ1n) is 6.43. The Morgan fingerprint density at radius 3 is 2.88 bits per heavy atom. The smallest absolute Gasteiger partial charge is 0.234 e. The second-order valence-corrected chi connectivity index (χ2v) is 5.26. The van der Waals surface area contributed by atoms with Gasteiger partial charge < -0.3 is 11.1 Å². The van der Waals surface area contributed by atoms with Crippen molar-refractivity contribution in [2.24, 2.45) is 11.7 Å². The minimum atomic E-state index is -0.198.